The highest BCUT2D eigenvalue weighted by atomic mass is 16.6. The van der Waals surface area contributed by atoms with Gasteiger partial charge in [0.1, 0.15) is 5.60 Å². The zero-order valence-corrected chi connectivity index (χ0v) is 14.2. The first-order chi connectivity index (χ1) is 9.87. The lowest BCUT2D eigenvalue weighted by Crippen LogP contribution is -2.51. The van der Waals surface area contributed by atoms with Crippen LogP contribution in [-0.2, 0) is 4.74 Å². The van der Waals surface area contributed by atoms with Gasteiger partial charge in [0.05, 0.1) is 0 Å². The van der Waals surface area contributed by atoms with Crippen molar-refractivity contribution in [2.75, 3.05) is 13.1 Å². The molecular formula is C17H32N2O2. The Balaban J connectivity index is 1.79. The number of ether oxygens (including phenoxy) is 1. The number of likely N-dealkylation sites (tertiary alicyclic amines) is 1. The van der Waals surface area contributed by atoms with Gasteiger partial charge in [-0.25, -0.2) is 4.79 Å². The Kier molecular flexibility index (Phi) is 5.53. The van der Waals surface area contributed by atoms with E-state index in [0.717, 1.165) is 25.4 Å². The number of hydrogen-bond donors (Lipinski definition) is 1. The number of hydrogen-bond acceptors (Lipinski definition) is 3. The minimum absolute atomic E-state index is 0.160. The molecule has 21 heavy (non-hydrogen) atoms. The minimum Gasteiger partial charge on any atom is -0.444 e. The van der Waals surface area contributed by atoms with Crippen molar-refractivity contribution in [2.24, 2.45) is 5.92 Å². The molecule has 1 saturated carbocycles. The van der Waals surface area contributed by atoms with Gasteiger partial charge in [0.2, 0.25) is 0 Å². The lowest BCUT2D eigenvalue weighted by molar-refractivity contribution is 0.0183. The van der Waals surface area contributed by atoms with Crippen LogP contribution >= 0.6 is 0 Å². The van der Waals surface area contributed by atoms with Gasteiger partial charge in [-0.3, -0.25) is 0 Å². The van der Waals surface area contributed by atoms with Crippen LogP contribution in [0.4, 0.5) is 4.79 Å². The third-order valence-corrected chi connectivity index (χ3v) is 4.66. The van der Waals surface area contributed by atoms with Gasteiger partial charge in [-0.05, 0) is 58.8 Å². The Morgan fingerprint density at radius 3 is 2.62 bits per heavy atom. The fraction of sp³-hybridized carbons (Fsp3) is 0.941. The maximum absolute atomic E-state index is 12.2. The summed E-state index contributed by atoms with van der Waals surface area (Å²) < 4.78 is 5.49. The normalized spacial score (nSPS) is 30.5. The second-order valence-electron chi connectivity index (χ2n) is 7.72. The summed E-state index contributed by atoms with van der Waals surface area (Å²) in [6, 6.07) is 1.09. The molecule has 1 aliphatic heterocycles. The Hall–Kier alpha value is -0.770. The van der Waals surface area contributed by atoms with E-state index < -0.39 is 5.60 Å². The molecule has 1 aliphatic carbocycles. The van der Waals surface area contributed by atoms with Crippen molar-refractivity contribution >= 4 is 6.09 Å². The smallest absolute Gasteiger partial charge is 0.410 e. The van der Waals surface area contributed by atoms with Crippen LogP contribution in [0.2, 0.25) is 0 Å². The Bertz CT molecular complexity index is 351. The van der Waals surface area contributed by atoms with Crippen LogP contribution in [0.25, 0.3) is 0 Å². The molecule has 0 bridgehead atoms. The van der Waals surface area contributed by atoms with E-state index in [9.17, 15) is 4.79 Å². The van der Waals surface area contributed by atoms with E-state index in [1.165, 1.54) is 32.1 Å². The van der Waals surface area contributed by atoms with Crippen molar-refractivity contribution in [2.45, 2.75) is 83.9 Å². The maximum Gasteiger partial charge on any atom is 0.410 e. The molecule has 0 spiro atoms. The second-order valence-corrected chi connectivity index (χ2v) is 7.72. The summed E-state index contributed by atoms with van der Waals surface area (Å²) in [5.41, 5.74) is -0.406. The molecule has 3 unspecified atom stereocenters. The number of carbonyl (C=O) groups excluding carboxylic acids is 1. The first-order valence-corrected chi connectivity index (χ1v) is 8.61. The number of piperidine rings is 1. The summed E-state index contributed by atoms with van der Waals surface area (Å²) in [4.78, 5) is 14.0. The monoisotopic (exact) mass is 296 g/mol. The maximum atomic E-state index is 12.2. The van der Waals surface area contributed by atoms with Crippen LogP contribution in [0.5, 0.6) is 0 Å². The summed E-state index contributed by atoms with van der Waals surface area (Å²) in [6.45, 7) is 9.69. The van der Waals surface area contributed by atoms with Crippen LogP contribution in [0.3, 0.4) is 0 Å². The van der Waals surface area contributed by atoms with Crippen molar-refractivity contribution in [1.29, 1.82) is 0 Å². The molecule has 0 aromatic rings. The fourth-order valence-electron chi connectivity index (χ4n) is 3.54. The molecule has 4 nitrogen and oxygen atoms in total. The van der Waals surface area contributed by atoms with Crippen molar-refractivity contribution in [3.05, 3.63) is 0 Å². The third kappa shape index (κ3) is 5.17. The fourth-order valence-corrected chi connectivity index (χ4v) is 3.54. The molecule has 2 rings (SSSR count). The van der Waals surface area contributed by atoms with Crippen LogP contribution < -0.4 is 5.32 Å². The van der Waals surface area contributed by atoms with Gasteiger partial charge in [-0.1, -0.05) is 13.3 Å². The molecule has 1 saturated heterocycles. The average molecular weight is 296 g/mol. The van der Waals surface area contributed by atoms with Crippen LogP contribution in [0.1, 0.15) is 66.2 Å². The lowest BCUT2D eigenvalue weighted by Gasteiger charge is -2.35. The van der Waals surface area contributed by atoms with Gasteiger partial charge >= 0.3 is 6.09 Å². The van der Waals surface area contributed by atoms with Gasteiger partial charge in [0, 0.05) is 25.2 Å². The summed E-state index contributed by atoms with van der Waals surface area (Å²) in [6.07, 6.45) is 7.34. The minimum atomic E-state index is -0.406. The van der Waals surface area contributed by atoms with E-state index in [-0.39, 0.29) is 6.09 Å². The van der Waals surface area contributed by atoms with Gasteiger partial charge < -0.3 is 15.0 Å². The predicted octanol–water partition coefficient (Wildman–Crippen LogP) is 3.55. The van der Waals surface area contributed by atoms with Crippen molar-refractivity contribution < 1.29 is 9.53 Å². The molecule has 0 aromatic carbocycles. The van der Waals surface area contributed by atoms with Crippen molar-refractivity contribution in [3.63, 3.8) is 0 Å². The molecule has 1 N–H and O–H groups in total. The molecule has 4 heteroatoms. The van der Waals surface area contributed by atoms with E-state index in [1.54, 1.807) is 0 Å². The number of amides is 1. The highest BCUT2D eigenvalue weighted by Gasteiger charge is 2.30. The van der Waals surface area contributed by atoms with E-state index in [0.29, 0.717) is 12.1 Å². The quantitative estimate of drug-likeness (QED) is 0.866. The van der Waals surface area contributed by atoms with Crippen molar-refractivity contribution in [3.8, 4) is 0 Å². The lowest BCUT2D eigenvalue weighted by atomic mass is 10.0. The standard InChI is InChI=1S/C17H32N2O2/c1-5-13-8-9-14(11-13)18-15-7-6-10-19(12-15)16(20)21-17(2,3)4/h13-15,18H,5-12H2,1-4H3. The molecule has 122 valence electrons. The summed E-state index contributed by atoms with van der Waals surface area (Å²) in [5, 5.41) is 3.78. The highest BCUT2D eigenvalue weighted by molar-refractivity contribution is 5.68. The zero-order valence-electron chi connectivity index (χ0n) is 14.2. The average Bonchev–Trinajstić information content (AvgIpc) is 2.85. The Morgan fingerprint density at radius 2 is 2.00 bits per heavy atom. The van der Waals surface area contributed by atoms with E-state index in [2.05, 4.69) is 12.2 Å². The summed E-state index contributed by atoms with van der Waals surface area (Å²) in [5.74, 6) is 0.896. The first kappa shape index (κ1) is 16.6. The molecule has 1 heterocycles. The van der Waals surface area contributed by atoms with Gasteiger partial charge in [0.25, 0.3) is 0 Å². The van der Waals surface area contributed by atoms with Crippen LogP contribution in [0.15, 0.2) is 0 Å². The zero-order chi connectivity index (χ0) is 15.5. The third-order valence-electron chi connectivity index (χ3n) is 4.66. The Morgan fingerprint density at radius 1 is 1.24 bits per heavy atom. The van der Waals surface area contributed by atoms with E-state index in [1.807, 2.05) is 25.7 Å². The molecule has 2 aliphatic rings. The Labute approximate surface area is 129 Å². The SMILES string of the molecule is CCC1CCC(NC2CCCN(C(=O)OC(C)(C)C)C2)C1. The van der Waals surface area contributed by atoms with Gasteiger partial charge in [0.15, 0.2) is 0 Å². The first-order valence-electron chi connectivity index (χ1n) is 8.61. The summed E-state index contributed by atoms with van der Waals surface area (Å²) in [7, 11) is 0. The molecule has 0 radical (unpaired) electrons. The molecular weight excluding hydrogens is 264 g/mol. The molecule has 0 aromatic heterocycles. The molecule has 1 amide bonds. The largest absolute Gasteiger partial charge is 0.444 e. The summed E-state index contributed by atoms with van der Waals surface area (Å²) >= 11 is 0. The second kappa shape index (κ2) is 6.99. The van der Waals surface area contributed by atoms with E-state index in [4.69, 9.17) is 4.74 Å². The van der Waals surface area contributed by atoms with E-state index >= 15 is 0 Å². The number of rotatable bonds is 3. The number of carbonyl (C=O) groups is 1. The number of nitrogens with one attached hydrogen (secondary N) is 1. The number of nitrogens with zero attached hydrogens (tertiary/aromatic N) is 1. The van der Waals surface area contributed by atoms with Crippen LogP contribution in [-0.4, -0.2) is 41.8 Å². The molecule has 2 fully saturated rings. The topological polar surface area (TPSA) is 41.6 Å². The van der Waals surface area contributed by atoms with Gasteiger partial charge in [-0.15, -0.1) is 0 Å². The van der Waals surface area contributed by atoms with Crippen molar-refractivity contribution in [1.82, 2.24) is 10.2 Å². The molecule has 3 atom stereocenters. The predicted molar refractivity (Wildman–Crippen MR) is 85.4 cm³/mol. The van der Waals surface area contributed by atoms with Crippen LogP contribution in [0, 0.1) is 5.92 Å². The highest BCUT2D eigenvalue weighted by Crippen LogP contribution is 2.28. The van der Waals surface area contributed by atoms with Gasteiger partial charge in [-0.2, -0.15) is 0 Å².